The third-order valence-electron chi connectivity index (χ3n) is 4.96. The first-order valence-corrected chi connectivity index (χ1v) is 8.16. The zero-order valence-electron chi connectivity index (χ0n) is 12.3. The van der Waals surface area contributed by atoms with Crippen molar-refractivity contribution >= 4 is 0 Å². The third-order valence-corrected chi connectivity index (χ3v) is 4.96. The van der Waals surface area contributed by atoms with E-state index in [4.69, 9.17) is 0 Å². The molecule has 1 N–H and O–H groups in total. The summed E-state index contributed by atoms with van der Waals surface area (Å²) in [5.74, 6) is 0. The molecule has 2 aliphatic carbocycles. The molecule has 0 spiro atoms. The number of nitrogens with one attached hydrogen (secondary N) is 1. The summed E-state index contributed by atoms with van der Waals surface area (Å²) in [6.07, 6.45) is 12.3. The monoisotopic (exact) mass is 257 g/mol. The Morgan fingerprint density at radius 1 is 0.842 bits per heavy atom. The highest BCUT2D eigenvalue weighted by Gasteiger charge is 2.20. The fourth-order valence-electron chi connectivity index (χ4n) is 3.80. The Labute approximate surface area is 117 Å². The Morgan fingerprint density at radius 2 is 1.53 bits per heavy atom. The van der Waals surface area contributed by atoms with Gasteiger partial charge in [0, 0.05) is 12.1 Å². The van der Waals surface area contributed by atoms with Crippen LogP contribution in [-0.4, -0.2) is 12.1 Å². The summed E-state index contributed by atoms with van der Waals surface area (Å²) in [6.45, 7) is 2.21. The molecule has 1 aromatic rings. The lowest BCUT2D eigenvalue weighted by Crippen LogP contribution is -2.39. The molecule has 19 heavy (non-hydrogen) atoms. The molecule has 0 saturated heterocycles. The Morgan fingerprint density at radius 3 is 2.32 bits per heavy atom. The van der Waals surface area contributed by atoms with Gasteiger partial charge >= 0.3 is 0 Å². The molecule has 1 nitrogen and oxygen atoms in total. The van der Waals surface area contributed by atoms with Gasteiger partial charge in [0.1, 0.15) is 0 Å². The summed E-state index contributed by atoms with van der Waals surface area (Å²) in [4.78, 5) is 0. The van der Waals surface area contributed by atoms with E-state index < -0.39 is 0 Å². The average molecular weight is 257 g/mol. The van der Waals surface area contributed by atoms with E-state index >= 15 is 0 Å². The number of fused-ring (bicyclic) bond motifs is 1. The second-order valence-electron chi connectivity index (χ2n) is 6.55. The lowest BCUT2D eigenvalue weighted by Gasteiger charge is -2.28. The number of hydrogen-bond donors (Lipinski definition) is 1. The smallest absolute Gasteiger partial charge is 0.00759 e. The van der Waals surface area contributed by atoms with Gasteiger partial charge in [0.15, 0.2) is 0 Å². The summed E-state index contributed by atoms with van der Waals surface area (Å²) in [5, 5.41) is 3.95. The van der Waals surface area contributed by atoms with E-state index in [1.807, 2.05) is 0 Å². The highest BCUT2D eigenvalue weighted by Crippen LogP contribution is 2.24. The largest absolute Gasteiger partial charge is 0.311 e. The van der Waals surface area contributed by atoms with Gasteiger partial charge in [0.2, 0.25) is 0 Å². The van der Waals surface area contributed by atoms with Gasteiger partial charge in [-0.15, -0.1) is 0 Å². The fraction of sp³-hybridized carbons (Fsp3) is 0.667. The van der Waals surface area contributed by atoms with Crippen LogP contribution in [0.1, 0.15) is 61.6 Å². The van der Waals surface area contributed by atoms with Gasteiger partial charge in [0.05, 0.1) is 0 Å². The van der Waals surface area contributed by atoms with Crippen molar-refractivity contribution in [2.75, 3.05) is 0 Å². The zero-order chi connectivity index (χ0) is 13.1. The van der Waals surface area contributed by atoms with Crippen molar-refractivity contribution in [3.05, 3.63) is 34.9 Å². The van der Waals surface area contributed by atoms with E-state index in [2.05, 4.69) is 30.4 Å². The standard InChI is InChI=1S/C18H27N/c1-14-7-8-15-9-11-18(12-10-16(15)13-14)19-17-5-3-2-4-6-17/h7-8,13,17-19H,2-6,9-12H2,1H3. The van der Waals surface area contributed by atoms with Gasteiger partial charge in [-0.05, 0) is 56.6 Å². The second kappa shape index (κ2) is 6.09. The van der Waals surface area contributed by atoms with Crippen molar-refractivity contribution < 1.29 is 0 Å². The number of rotatable bonds is 2. The van der Waals surface area contributed by atoms with Gasteiger partial charge in [-0.1, -0.05) is 43.0 Å². The van der Waals surface area contributed by atoms with E-state index in [0.29, 0.717) is 0 Å². The molecular formula is C18H27N. The van der Waals surface area contributed by atoms with Crippen molar-refractivity contribution in [2.45, 2.75) is 76.8 Å². The molecular weight excluding hydrogens is 230 g/mol. The molecule has 0 heterocycles. The summed E-state index contributed by atoms with van der Waals surface area (Å²) in [6, 6.07) is 8.58. The van der Waals surface area contributed by atoms with Gasteiger partial charge in [-0.25, -0.2) is 0 Å². The van der Waals surface area contributed by atoms with Crippen molar-refractivity contribution in [2.24, 2.45) is 0 Å². The minimum absolute atomic E-state index is 0.746. The van der Waals surface area contributed by atoms with Crippen LogP contribution in [0.15, 0.2) is 18.2 Å². The third kappa shape index (κ3) is 3.39. The van der Waals surface area contributed by atoms with Crippen LogP contribution >= 0.6 is 0 Å². The van der Waals surface area contributed by atoms with Crippen LogP contribution in [0.4, 0.5) is 0 Å². The average Bonchev–Trinajstić information content (AvgIpc) is 2.63. The SMILES string of the molecule is Cc1ccc2c(c1)CCC(NC1CCCCC1)CC2. The summed E-state index contributed by atoms with van der Waals surface area (Å²) in [7, 11) is 0. The zero-order valence-corrected chi connectivity index (χ0v) is 12.3. The van der Waals surface area contributed by atoms with Gasteiger partial charge < -0.3 is 5.32 Å². The van der Waals surface area contributed by atoms with E-state index in [9.17, 15) is 0 Å². The minimum Gasteiger partial charge on any atom is -0.311 e. The molecule has 0 amide bonds. The first kappa shape index (κ1) is 13.2. The van der Waals surface area contributed by atoms with Crippen molar-refractivity contribution in [1.82, 2.24) is 5.32 Å². The highest BCUT2D eigenvalue weighted by molar-refractivity contribution is 5.32. The van der Waals surface area contributed by atoms with Gasteiger partial charge in [0.25, 0.3) is 0 Å². The molecule has 0 aromatic heterocycles. The molecule has 1 atom stereocenters. The first-order valence-electron chi connectivity index (χ1n) is 8.16. The lowest BCUT2D eigenvalue weighted by atomic mass is 9.94. The molecule has 1 heteroatoms. The predicted molar refractivity (Wildman–Crippen MR) is 81.6 cm³/mol. The molecule has 2 aliphatic rings. The molecule has 3 rings (SSSR count). The van der Waals surface area contributed by atoms with E-state index in [1.165, 1.54) is 63.4 Å². The summed E-state index contributed by atoms with van der Waals surface area (Å²) < 4.78 is 0. The van der Waals surface area contributed by atoms with Crippen LogP contribution in [-0.2, 0) is 12.8 Å². The first-order chi connectivity index (χ1) is 9.31. The number of aryl methyl sites for hydroxylation is 3. The maximum absolute atomic E-state index is 3.95. The Balaban J connectivity index is 1.59. The molecule has 1 fully saturated rings. The molecule has 1 aromatic carbocycles. The molecule has 104 valence electrons. The molecule has 1 unspecified atom stereocenters. The fourth-order valence-corrected chi connectivity index (χ4v) is 3.80. The molecule has 0 aliphatic heterocycles. The number of hydrogen-bond acceptors (Lipinski definition) is 1. The van der Waals surface area contributed by atoms with E-state index in [1.54, 1.807) is 11.1 Å². The number of benzene rings is 1. The Bertz CT molecular complexity index is 418. The summed E-state index contributed by atoms with van der Waals surface area (Å²) in [5.41, 5.74) is 4.61. The molecule has 0 bridgehead atoms. The second-order valence-corrected chi connectivity index (χ2v) is 6.55. The van der Waals surface area contributed by atoms with Crippen molar-refractivity contribution in [3.8, 4) is 0 Å². The van der Waals surface area contributed by atoms with Gasteiger partial charge in [-0.2, -0.15) is 0 Å². The maximum Gasteiger partial charge on any atom is 0.00759 e. The summed E-state index contributed by atoms with van der Waals surface area (Å²) >= 11 is 0. The van der Waals surface area contributed by atoms with Crippen molar-refractivity contribution in [1.29, 1.82) is 0 Å². The molecule has 1 saturated carbocycles. The van der Waals surface area contributed by atoms with Crippen LogP contribution in [0, 0.1) is 6.92 Å². The van der Waals surface area contributed by atoms with E-state index in [0.717, 1.165) is 12.1 Å². The van der Waals surface area contributed by atoms with Gasteiger partial charge in [-0.3, -0.25) is 0 Å². The normalized spacial score (nSPS) is 24.8. The Kier molecular flexibility index (Phi) is 4.22. The highest BCUT2D eigenvalue weighted by atomic mass is 14.9. The quantitative estimate of drug-likeness (QED) is 0.784. The molecule has 0 radical (unpaired) electrons. The van der Waals surface area contributed by atoms with Crippen molar-refractivity contribution in [3.63, 3.8) is 0 Å². The topological polar surface area (TPSA) is 12.0 Å². The van der Waals surface area contributed by atoms with Crippen LogP contribution in [0.5, 0.6) is 0 Å². The predicted octanol–water partition coefficient (Wildman–Crippen LogP) is 4.16. The van der Waals surface area contributed by atoms with Crippen LogP contribution in [0.2, 0.25) is 0 Å². The van der Waals surface area contributed by atoms with Crippen LogP contribution < -0.4 is 5.32 Å². The van der Waals surface area contributed by atoms with Crippen LogP contribution in [0.25, 0.3) is 0 Å². The Hall–Kier alpha value is -0.820. The maximum atomic E-state index is 3.95. The lowest BCUT2D eigenvalue weighted by molar-refractivity contribution is 0.321. The van der Waals surface area contributed by atoms with Crippen LogP contribution in [0.3, 0.4) is 0 Å². The van der Waals surface area contributed by atoms with E-state index in [-0.39, 0.29) is 0 Å². The minimum atomic E-state index is 0.746.